The van der Waals surface area contributed by atoms with Crippen LogP contribution < -0.4 is 10.1 Å². The molecule has 2 aliphatic heterocycles. The first-order chi connectivity index (χ1) is 12.3. The Morgan fingerprint density at radius 3 is 2.64 bits per heavy atom. The third-order valence-corrected chi connectivity index (χ3v) is 5.86. The minimum atomic E-state index is 0.0557. The summed E-state index contributed by atoms with van der Waals surface area (Å²) in [7, 11) is 0. The second-order valence-corrected chi connectivity index (χ2v) is 7.57. The van der Waals surface area contributed by atoms with Gasteiger partial charge in [-0.2, -0.15) is 0 Å². The Balaban J connectivity index is 1.28. The quantitative estimate of drug-likeness (QED) is 0.894. The first kappa shape index (κ1) is 16.7. The minimum absolute atomic E-state index is 0.0557. The number of carbonyl (C=O) groups is 1. The maximum Gasteiger partial charge on any atom is 0.317 e. The number of benzene rings is 1. The molecular weight excluding hydrogens is 314 g/mol. The fraction of sp³-hybridized carbons (Fsp3) is 0.650. The van der Waals surface area contributed by atoms with Gasteiger partial charge in [0.25, 0.3) is 0 Å². The SMILES string of the molecule is O=C(NCc1ccccc1OC1CCC1)N1CC[C@H](N2CCCC2)C1. The van der Waals surface area contributed by atoms with Crippen molar-refractivity contribution < 1.29 is 9.53 Å². The summed E-state index contributed by atoms with van der Waals surface area (Å²) in [5.41, 5.74) is 1.07. The number of para-hydroxylation sites is 1. The first-order valence-electron chi connectivity index (χ1n) is 9.81. The second kappa shape index (κ2) is 7.65. The lowest BCUT2D eigenvalue weighted by Crippen LogP contribution is -2.41. The highest BCUT2D eigenvalue weighted by molar-refractivity contribution is 5.74. The van der Waals surface area contributed by atoms with E-state index < -0.39 is 0 Å². The number of carbonyl (C=O) groups excluding carboxylic acids is 1. The molecule has 3 aliphatic rings. The molecule has 2 saturated heterocycles. The van der Waals surface area contributed by atoms with Crippen molar-refractivity contribution in [2.75, 3.05) is 26.2 Å². The molecule has 3 fully saturated rings. The summed E-state index contributed by atoms with van der Waals surface area (Å²) in [6, 6.07) is 8.68. The highest BCUT2D eigenvalue weighted by Crippen LogP contribution is 2.27. The normalized spacial score (nSPS) is 24.3. The zero-order valence-corrected chi connectivity index (χ0v) is 15.0. The number of urea groups is 1. The van der Waals surface area contributed by atoms with Gasteiger partial charge in [0, 0.05) is 31.2 Å². The number of ether oxygens (including phenoxy) is 1. The molecule has 1 saturated carbocycles. The minimum Gasteiger partial charge on any atom is -0.490 e. The van der Waals surface area contributed by atoms with E-state index in [2.05, 4.69) is 10.2 Å². The van der Waals surface area contributed by atoms with Gasteiger partial charge in [0.1, 0.15) is 5.75 Å². The van der Waals surface area contributed by atoms with Gasteiger partial charge < -0.3 is 15.0 Å². The van der Waals surface area contributed by atoms with Crippen LogP contribution in [0.25, 0.3) is 0 Å². The Bertz CT molecular complexity index is 596. The predicted octanol–water partition coefficient (Wildman–Crippen LogP) is 3.00. The van der Waals surface area contributed by atoms with Gasteiger partial charge in [0.15, 0.2) is 0 Å². The van der Waals surface area contributed by atoms with Crippen LogP contribution in [0.3, 0.4) is 0 Å². The van der Waals surface area contributed by atoms with Crippen LogP contribution in [-0.4, -0.2) is 54.2 Å². The van der Waals surface area contributed by atoms with E-state index in [4.69, 9.17) is 4.74 Å². The van der Waals surface area contributed by atoms with E-state index in [9.17, 15) is 4.79 Å². The van der Waals surface area contributed by atoms with E-state index in [0.29, 0.717) is 18.7 Å². The fourth-order valence-corrected chi connectivity index (χ4v) is 4.05. The largest absolute Gasteiger partial charge is 0.490 e. The lowest BCUT2D eigenvalue weighted by molar-refractivity contribution is 0.119. The van der Waals surface area contributed by atoms with Crippen molar-refractivity contribution in [1.82, 2.24) is 15.1 Å². The molecule has 2 heterocycles. The number of nitrogens with zero attached hydrogens (tertiary/aromatic N) is 2. The molecule has 1 atom stereocenters. The van der Waals surface area contributed by atoms with Gasteiger partial charge in [0.2, 0.25) is 0 Å². The van der Waals surface area contributed by atoms with Gasteiger partial charge in [-0.1, -0.05) is 18.2 Å². The van der Waals surface area contributed by atoms with Crippen LogP contribution in [0, 0.1) is 0 Å². The van der Waals surface area contributed by atoms with Crippen LogP contribution in [0.5, 0.6) is 5.75 Å². The zero-order chi connectivity index (χ0) is 17.1. The number of rotatable bonds is 5. The van der Waals surface area contributed by atoms with Gasteiger partial charge in [-0.25, -0.2) is 4.79 Å². The molecule has 0 unspecified atom stereocenters. The van der Waals surface area contributed by atoms with E-state index in [-0.39, 0.29) is 6.03 Å². The average molecular weight is 343 g/mol. The van der Waals surface area contributed by atoms with Crippen LogP contribution in [-0.2, 0) is 6.54 Å². The van der Waals surface area contributed by atoms with Crippen molar-refractivity contribution in [3.63, 3.8) is 0 Å². The smallest absolute Gasteiger partial charge is 0.317 e. The molecule has 0 aromatic heterocycles. The second-order valence-electron chi connectivity index (χ2n) is 7.57. The Kier molecular flexibility index (Phi) is 5.11. The Hall–Kier alpha value is -1.75. The predicted molar refractivity (Wildman–Crippen MR) is 97.7 cm³/mol. The van der Waals surface area contributed by atoms with Gasteiger partial charge in [-0.05, 0) is 57.7 Å². The first-order valence-corrected chi connectivity index (χ1v) is 9.81. The molecular formula is C20H29N3O2. The van der Waals surface area contributed by atoms with Gasteiger partial charge >= 0.3 is 6.03 Å². The molecule has 4 rings (SSSR count). The molecule has 1 aromatic carbocycles. The molecule has 5 heteroatoms. The zero-order valence-electron chi connectivity index (χ0n) is 15.0. The van der Waals surface area contributed by atoms with Crippen LogP contribution in [0.15, 0.2) is 24.3 Å². The van der Waals surface area contributed by atoms with Crippen molar-refractivity contribution in [2.45, 2.75) is 57.2 Å². The molecule has 1 aliphatic carbocycles. The van der Waals surface area contributed by atoms with Gasteiger partial charge in [-0.3, -0.25) is 4.90 Å². The Labute approximate surface area is 150 Å². The van der Waals surface area contributed by atoms with Gasteiger partial charge in [-0.15, -0.1) is 0 Å². The van der Waals surface area contributed by atoms with Crippen molar-refractivity contribution in [3.8, 4) is 5.75 Å². The highest BCUT2D eigenvalue weighted by Gasteiger charge is 2.31. The molecule has 25 heavy (non-hydrogen) atoms. The number of nitrogens with one attached hydrogen (secondary N) is 1. The monoisotopic (exact) mass is 343 g/mol. The maximum atomic E-state index is 12.5. The summed E-state index contributed by atoms with van der Waals surface area (Å²) in [5.74, 6) is 0.920. The number of hydrogen-bond donors (Lipinski definition) is 1. The van der Waals surface area contributed by atoms with Crippen LogP contribution in [0.4, 0.5) is 4.79 Å². The number of amides is 2. The van der Waals surface area contributed by atoms with Crippen LogP contribution >= 0.6 is 0 Å². The summed E-state index contributed by atoms with van der Waals surface area (Å²) in [6.45, 7) is 4.67. The lowest BCUT2D eigenvalue weighted by Gasteiger charge is -2.27. The number of hydrogen-bond acceptors (Lipinski definition) is 3. The Morgan fingerprint density at radius 1 is 1.08 bits per heavy atom. The lowest BCUT2D eigenvalue weighted by atomic mass is 9.96. The summed E-state index contributed by atoms with van der Waals surface area (Å²) in [4.78, 5) is 17.1. The maximum absolute atomic E-state index is 12.5. The third-order valence-electron chi connectivity index (χ3n) is 5.86. The molecule has 0 radical (unpaired) electrons. The van der Waals surface area contributed by atoms with E-state index in [1.54, 1.807) is 0 Å². The topological polar surface area (TPSA) is 44.8 Å². The van der Waals surface area contributed by atoms with E-state index in [1.807, 2.05) is 29.2 Å². The van der Waals surface area contributed by atoms with Crippen molar-refractivity contribution >= 4 is 6.03 Å². The summed E-state index contributed by atoms with van der Waals surface area (Å²) >= 11 is 0. The molecule has 1 aromatic rings. The molecule has 2 amide bonds. The van der Waals surface area contributed by atoms with E-state index >= 15 is 0 Å². The van der Waals surface area contributed by atoms with E-state index in [0.717, 1.165) is 43.7 Å². The summed E-state index contributed by atoms with van der Waals surface area (Å²) in [5, 5.41) is 3.09. The molecule has 0 spiro atoms. The molecule has 136 valence electrons. The average Bonchev–Trinajstić information content (AvgIpc) is 3.27. The van der Waals surface area contributed by atoms with Crippen LogP contribution in [0.1, 0.15) is 44.1 Å². The van der Waals surface area contributed by atoms with Gasteiger partial charge in [0.05, 0.1) is 6.10 Å². The molecule has 1 N–H and O–H groups in total. The summed E-state index contributed by atoms with van der Waals surface area (Å²) < 4.78 is 6.05. The van der Waals surface area contributed by atoms with Crippen molar-refractivity contribution in [2.24, 2.45) is 0 Å². The molecule has 0 bridgehead atoms. The summed E-state index contributed by atoms with van der Waals surface area (Å²) in [6.07, 6.45) is 7.63. The number of likely N-dealkylation sites (tertiary alicyclic amines) is 2. The van der Waals surface area contributed by atoms with E-state index in [1.165, 1.54) is 32.4 Å². The third kappa shape index (κ3) is 3.92. The van der Waals surface area contributed by atoms with Crippen molar-refractivity contribution in [3.05, 3.63) is 29.8 Å². The molecule has 5 nitrogen and oxygen atoms in total. The fourth-order valence-electron chi connectivity index (χ4n) is 4.05. The Morgan fingerprint density at radius 2 is 1.88 bits per heavy atom. The van der Waals surface area contributed by atoms with Crippen LogP contribution in [0.2, 0.25) is 0 Å². The standard InChI is InChI=1S/C20H29N3O2/c24-20(23-13-10-17(15-23)22-11-3-4-12-22)21-14-16-6-1-2-9-19(16)25-18-7-5-8-18/h1-2,6,9,17-18H,3-5,7-8,10-15H2,(H,21,24)/t17-/m0/s1. The highest BCUT2D eigenvalue weighted by atomic mass is 16.5. The van der Waals surface area contributed by atoms with Crippen molar-refractivity contribution in [1.29, 1.82) is 0 Å².